The first-order valence-electron chi connectivity index (χ1n) is 23.2. The predicted octanol–water partition coefficient (Wildman–Crippen LogP) is 16.7. The van der Waals surface area contributed by atoms with Crippen LogP contribution in [0.5, 0.6) is 0 Å². The van der Waals surface area contributed by atoms with Gasteiger partial charge in [-0.2, -0.15) is 49.2 Å². The molecule has 0 spiro atoms. The molecule has 0 saturated carbocycles. The number of allylic oxidation sites excluding steroid dienone is 2. The van der Waals surface area contributed by atoms with Gasteiger partial charge in [0.05, 0.1) is 0 Å². The van der Waals surface area contributed by atoms with E-state index in [9.17, 15) is 5.53 Å². The Kier molecular flexibility index (Phi) is 25.1. The fraction of sp³-hybridized carbons (Fsp3) is 0.464. The van der Waals surface area contributed by atoms with E-state index in [1.54, 1.807) is 10.3 Å². The van der Waals surface area contributed by atoms with E-state index in [1.807, 2.05) is 60.7 Å². The van der Waals surface area contributed by atoms with Crippen LogP contribution in [-0.4, -0.2) is 4.70 Å². The number of hydrogen-bond acceptors (Lipinski definition) is 0. The summed E-state index contributed by atoms with van der Waals surface area (Å²) in [7, 11) is 0. The number of unbranched alkanes of at least 4 members (excludes halogenated alkanes) is 5. The molecule has 1 heterocycles. The maximum atomic E-state index is 12.4. The van der Waals surface area contributed by atoms with Crippen LogP contribution in [0.25, 0.3) is 16.9 Å². The van der Waals surface area contributed by atoms with Gasteiger partial charge in [-0.25, -0.2) is 4.70 Å². The second kappa shape index (κ2) is 28.8. The second-order valence-corrected chi connectivity index (χ2v) is 16.1. The predicted molar refractivity (Wildman–Crippen MR) is 255 cm³/mol. The van der Waals surface area contributed by atoms with Gasteiger partial charge in [0.2, 0.25) is 11.4 Å². The van der Waals surface area contributed by atoms with Crippen LogP contribution in [0, 0.1) is 13.8 Å². The van der Waals surface area contributed by atoms with E-state index in [2.05, 4.69) is 93.5 Å². The van der Waals surface area contributed by atoms with Crippen molar-refractivity contribution in [1.29, 1.82) is 0 Å². The van der Waals surface area contributed by atoms with Gasteiger partial charge >= 0.3 is 20.4 Å². The fourth-order valence-corrected chi connectivity index (χ4v) is 8.53. The molecule has 0 N–H and O–H groups in total. The third-order valence-electron chi connectivity index (χ3n) is 11.4. The van der Waals surface area contributed by atoms with E-state index in [-0.39, 0.29) is 20.4 Å². The minimum atomic E-state index is 0. The van der Waals surface area contributed by atoms with Crippen LogP contribution in [0.2, 0.25) is 0 Å². The Morgan fingerprint density at radius 3 is 1.15 bits per heavy atom. The summed E-state index contributed by atoms with van der Waals surface area (Å²) < 4.78 is 1.65. The van der Waals surface area contributed by atoms with Crippen molar-refractivity contribution in [2.75, 3.05) is 0 Å². The molecule has 59 heavy (non-hydrogen) atoms. The van der Waals surface area contributed by atoms with Crippen LogP contribution in [0.3, 0.4) is 0 Å². The Hall–Kier alpha value is -3.64. The Morgan fingerprint density at radius 2 is 0.814 bits per heavy atom. The third kappa shape index (κ3) is 15.4. The van der Waals surface area contributed by atoms with Crippen molar-refractivity contribution in [3.05, 3.63) is 171 Å². The molecule has 0 aromatic heterocycles. The first kappa shape index (κ1) is 51.5. The molecule has 1 aliphatic heterocycles. The number of aryl methyl sites for hydroxylation is 4. The monoisotopic (exact) mass is 885 g/mol. The molecule has 0 unspecified atom stereocenters. The van der Waals surface area contributed by atoms with Gasteiger partial charge in [-0.05, 0) is 122 Å². The summed E-state index contributed by atoms with van der Waals surface area (Å²) in [5, 5.41) is 0. The smallest absolute Gasteiger partial charge is 0.493 e. The van der Waals surface area contributed by atoms with Gasteiger partial charge in [0.15, 0.2) is 0 Å². The number of rotatable bonds is 20. The Morgan fingerprint density at radius 1 is 0.424 bits per heavy atom. The maximum absolute atomic E-state index is 12.4. The van der Waals surface area contributed by atoms with Crippen molar-refractivity contribution in [3.8, 4) is 0 Å². The Labute approximate surface area is 376 Å². The zero-order chi connectivity index (χ0) is 42.3. The average Bonchev–Trinajstić information content (AvgIpc) is 3.51. The van der Waals surface area contributed by atoms with Gasteiger partial charge in [0.1, 0.15) is 0 Å². The van der Waals surface area contributed by atoms with E-state index in [1.165, 1.54) is 101 Å². The standard InChI is InChI=1S/C42H64N2.2C7H7.Pd/c1-9-17-19-21-26-40-39(25-20-18-10-2)42(36-29-33(22-11-3)38(24-13-5)34(30-36)23-12-4)44(43)41(40)35-27-31(14-6)37(16-8)32(15-7)28-35;2*1-7-5-3-2-4-6-7;/h27-30H,9-26H2,1-8H3;2*2-6H,1H2;/q;2*-1;+2. The molecule has 1 aliphatic rings. The molecule has 3 heteroatoms. The zero-order valence-corrected chi connectivity index (χ0v) is 40.0. The molecular weight excluding hydrogens is 807 g/mol. The summed E-state index contributed by atoms with van der Waals surface area (Å²) in [5.41, 5.74) is 30.9. The minimum absolute atomic E-state index is 0. The largest absolute Gasteiger partial charge is 2.00 e. The molecular formula is C56H78N2Pd. The van der Waals surface area contributed by atoms with Gasteiger partial charge in [0.25, 0.3) is 0 Å². The molecule has 0 amide bonds. The molecule has 322 valence electrons. The molecule has 4 aromatic rings. The molecule has 5 rings (SSSR count). The molecule has 0 atom stereocenters. The first-order chi connectivity index (χ1) is 28.2. The molecule has 4 aromatic carbocycles. The van der Waals surface area contributed by atoms with Gasteiger partial charge in [0, 0.05) is 22.3 Å². The fourth-order valence-electron chi connectivity index (χ4n) is 8.53. The van der Waals surface area contributed by atoms with Crippen molar-refractivity contribution in [2.24, 2.45) is 0 Å². The average molecular weight is 886 g/mol. The molecule has 0 saturated heterocycles. The number of nitrogens with zero attached hydrogens (tertiary/aromatic N) is 2. The third-order valence-corrected chi connectivity index (χ3v) is 11.4. The van der Waals surface area contributed by atoms with Gasteiger partial charge in [-0.1, -0.05) is 119 Å². The van der Waals surface area contributed by atoms with E-state index >= 15 is 0 Å². The van der Waals surface area contributed by atoms with Crippen LogP contribution in [-0.2, 0) is 58.9 Å². The molecule has 0 fully saturated rings. The molecule has 0 aliphatic carbocycles. The Balaban J connectivity index is 0.000000667. The van der Waals surface area contributed by atoms with Crippen molar-refractivity contribution in [1.82, 2.24) is 0 Å². The van der Waals surface area contributed by atoms with Crippen LogP contribution < -0.4 is 0 Å². The molecule has 0 radical (unpaired) electrons. The SMILES string of the molecule is CCCCCCC1=C(c2cc(CC)c(CC)c(CC)c2)[N+](=[N-])C(c2cc(CCC)c(CCC)c(CCC)c2)=C1CCCCC.[CH2-]c1ccccc1.[CH2-]c1ccccc1.[Pd+2]. The van der Waals surface area contributed by atoms with Crippen LogP contribution in [0.1, 0.15) is 188 Å². The zero-order valence-electron chi connectivity index (χ0n) is 38.4. The maximum Gasteiger partial charge on any atom is 2.00 e. The van der Waals surface area contributed by atoms with Gasteiger partial charge in [-0.3, -0.25) is 0 Å². The van der Waals surface area contributed by atoms with E-state index in [4.69, 9.17) is 0 Å². The number of benzene rings is 4. The summed E-state index contributed by atoms with van der Waals surface area (Å²) in [4.78, 5) is 0. The molecule has 0 bridgehead atoms. The summed E-state index contributed by atoms with van der Waals surface area (Å²) in [5.74, 6) is 0. The van der Waals surface area contributed by atoms with Crippen molar-refractivity contribution in [2.45, 2.75) is 171 Å². The van der Waals surface area contributed by atoms with E-state index < -0.39 is 0 Å². The minimum Gasteiger partial charge on any atom is -0.493 e. The molecule has 2 nitrogen and oxygen atoms in total. The van der Waals surface area contributed by atoms with Crippen LogP contribution >= 0.6 is 0 Å². The van der Waals surface area contributed by atoms with Crippen molar-refractivity contribution < 1.29 is 25.1 Å². The van der Waals surface area contributed by atoms with Gasteiger partial charge < -0.3 is 5.53 Å². The number of hydrogen-bond donors (Lipinski definition) is 0. The quantitative estimate of drug-likeness (QED) is 0.0366. The second-order valence-electron chi connectivity index (χ2n) is 16.1. The summed E-state index contributed by atoms with van der Waals surface area (Å²) >= 11 is 0. The van der Waals surface area contributed by atoms with Gasteiger partial charge in [-0.15, -0.1) is 24.3 Å². The van der Waals surface area contributed by atoms with Crippen molar-refractivity contribution in [3.63, 3.8) is 0 Å². The van der Waals surface area contributed by atoms with Crippen LogP contribution in [0.15, 0.2) is 96.1 Å². The summed E-state index contributed by atoms with van der Waals surface area (Å²) in [6.07, 6.45) is 20.5. The van der Waals surface area contributed by atoms with E-state index in [0.29, 0.717) is 0 Å². The van der Waals surface area contributed by atoms with Crippen molar-refractivity contribution >= 4 is 11.4 Å². The normalized spacial score (nSPS) is 12.2. The van der Waals surface area contributed by atoms with E-state index in [0.717, 1.165) is 86.7 Å². The summed E-state index contributed by atoms with van der Waals surface area (Å²) in [6, 6.07) is 29.5. The first-order valence-corrected chi connectivity index (χ1v) is 23.2. The van der Waals surface area contributed by atoms with Crippen LogP contribution in [0.4, 0.5) is 0 Å². The Bertz CT molecular complexity index is 1790. The topological polar surface area (TPSA) is 25.3 Å². The summed E-state index contributed by atoms with van der Waals surface area (Å²) in [6.45, 7) is 25.8.